The fraction of sp³-hybridized carbons (Fsp3) is 0.640. The first-order valence-corrected chi connectivity index (χ1v) is 11.4. The fourth-order valence-electron chi connectivity index (χ4n) is 5.12. The average Bonchev–Trinajstić information content (AvgIpc) is 3.49. The second-order valence-electron chi connectivity index (χ2n) is 10.6. The van der Waals surface area contributed by atoms with Gasteiger partial charge in [-0.1, -0.05) is 13.0 Å². The number of amides is 1. The zero-order valence-electron chi connectivity index (χ0n) is 19.5. The van der Waals surface area contributed by atoms with Gasteiger partial charge in [-0.25, -0.2) is 4.79 Å². The predicted molar refractivity (Wildman–Crippen MR) is 118 cm³/mol. The second kappa shape index (κ2) is 8.09. The molecule has 1 aromatic carbocycles. The Morgan fingerprint density at radius 3 is 2.50 bits per heavy atom. The number of Topliss-reactive ketones (excluding diaryl/α,β-unsaturated/α-hetero) is 1. The van der Waals surface area contributed by atoms with Crippen molar-refractivity contribution in [2.45, 2.75) is 83.0 Å². The number of alkyl carbamates (subject to hydrolysis) is 1. The maximum Gasteiger partial charge on any atom is 0.407 e. The fourth-order valence-corrected chi connectivity index (χ4v) is 5.12. The molecule has 3 aliphatic rings. The van der Waals surface area contributed by atoms with E-state index >= 15 is 0 Å². The normalized spacial score (nSPS) is 26.3. The van der Waals surface area contributed by atoms with Gasteiger partial charge in [0.15, 0.2) is 5.78 Å². The van der Waals surface area contributed by atoms with Gasteiger partial charge in [-0.05, 0) is 63.1 Å². The third kappa shape index (κ3) is 4.62. The van der Waals surface area contributed by atoms with Crippen LogP contribution in [0.5, 0.6) is 5.75 Å². The quantitative estimate of drug-likeness (QED) is 0.679. The van der Waals surface area contributed by atoms with E-state index in [1.165, 1.54) is 7.11 Å². The van der Waals surface area contributed by atoms with Crippen LogP contribution in [0.2, 0.25) is 0 Å². The Labute approximate surface area is 189 Å². The molecule has 0 unspecified atom stereocenters. The number of methoxy groups -OCH3 is 1. The molecule has 2 aliphatic carbocycles. The summed E-state index contributed by atoms with van der Waals surface area (Å²) < 4.78 is 16.7. The van der Waals surface area contributed by atoms with Crippen LogP contribution < -0.4 is 10.1 Å². The van der Waals surface area contributed by atoms with E-state index in [1.54, 1.807) is 0 Å². The number of benzene rings is 1. The highest BCUT2D eigenvalue weighted by Gasteiger charge is 2.51. The molecule has 1 aromatic rings. The summed E-state index contributed by atoms with van der Waals surface area (Å²) in [5.74, 6) is 0.650. The highest BCUT2D eigenvalue weighted by atomic mass is 16.6. The van der Waals surface area contributed by atoms with E-state index in [4.69, 9.17) is 14.2 Å². The van der Waals surface area contributed by atoms with E-state index in [9.17, 15) is 14.4 Å². The number of nitrogens with one attached hydrogen (secondary N) is 1. The maximum atomic E-state index is 12.9. The molecular weight excluding hydrogens is 410 g/mol. The number of esters is 1. The van der Waals surface area contributed by atoms with Gasteiger partial charge in [-0.15, -0.1) is 0 Å². The van der Waals surface area contributed by atoms with Crippen molar-refractivity contribution in [1.82, 2.24) is 5.32 Å². The number of hydrogen-bond acceptors (Lipinski definition) is 6. The number of carbonyl (C=O) groups is 3. The first kappa shape index (κ1) is 22.6. The van der Waals surface area contributed by atoms with Crippen molar-refractivity contribution in [2.75, 3.05) is 7.11 Å². The van der Waals surface area contributed by atoms with Crippen LogP contribution in [0.15, 0.2) is 18.2 Å². The van der Waals surface area contributed by atoms with Gasteiger partial charge >= 0.3 is 12.1 Å². The standard InChI is InChI=1S/C25H33NO6/c1-14(22(28)30-5)21(15-6-7-15)16-8-9-18-19(27)13-25(31-20(18)10-16)11-17(12-25)26-23(29)32-24(2,3)4/h8-10,14-15,17,21H,6-7,11-13H2,1-5H3,(H,26,29)/t14-,17?,21-,25?/m0/s1. The van der Waals surface area contributed by atoms with E-state index < -0.39 is 17.3 Å². The minimum atomic E-state index is -0.592. The summed E-state index contributed by atoms with van der Waals surface area (Å²) >= 11 is 0. The molecule has 0 aromatic heterocycles. The van der Waals surface area contributed by atoms with Crippen LogP contribution in [0.4, 0.5) is 4.79 Å². The maximum absolute atomic E-state index is 12.9. The molecular formula is C25H33NO6. The van der Waals surface area contributed by atoms with Crippen molar-refractivity contribution < 1.29 is 28.6 Å². The molecule has 0 bridgehead atoms. The van der Waals surface area contributed by atoms with Gasteiger partial charge in [0.1, 0.15) is 17.0 Å². The molecule has 1 amide bonds. The Bertz CT molecular complexity index is 923. The van der Waals surface area contributed by atoms with E-state index in [1.807, 2.05) is 45.9 Å². The summed E-state index contributed by atoms with van der Waals surface area (Å²) in [6.45, 7) is 7.37. The average molecular weight is 444 g/mol. The highest BCUT2D eigenvalue weighted by Crippen LogP contribution is 2.50. The number of carbonyl (C=O) groups excluding carboxylic acids is 3. The summed E-state index contributed by atoms with van der Waals surface area (Å²) in [4.78, 5) is 37.1. The van der Waals surface area contributed by atoms with Crippen LogP contribution in [-0.4, -0.2) is 42.2 Å². The van der Waals surface area contributed by atoms with Gasteiger partial charge in [-0.3, -0.25) is 9.59 Å². The molecule has 0 saturated heterocycles. The van der Waals surface area contributed by atoms with Gasteiger partial charge < -0.3 is 19.5 Å². The summed E-state index contributed by atoms with van der Waals surface area (Å²) in [6.07, 6.45) is 3.15. The van der Waals surface area contributed by atoms with Crippen LogP contribution in [0.25, 0.3) is 0 Å². The molecule has 32 heavy (non-hydrogen) atoms. The molecule has 7 heteroatoms. The summed E-state index contributed by atoms with van der Waals surface area (Å²) in [5.41, 5.74) is 0.447. The van der Waals surface area contributed by atoms with Crippen LogP contribution in [0, 0.1) is 11.8 Å². The van der Waals surface area contributed by atoms with E-state index in [-0.39, 0.29) is 29.6 Å². The first-order valence-electron chi connectivity index (χ1n) is 11.4. The second-order valence-corrected chi connectivity index (χ2v) is 10.6. The summed E-state index contributed by atoms with van der Waals surface area (Å²) in [6, 6.07) is 5.63. The van der Waals surface area contributed by atoms with Crippen LogP contribution >= 0.6 is 0 Å². The number of ketones is 1. The largest absolute Gasteiger partial charge is 0.486 e. The lowest BCUT2D eigenvalue weighted by Gasteiger charge is -2.49. The third-order valence-corrected chi connectivity index (χ3v) is 6.70. The Kier molecular flexibility index (Phi) is 5.72. The third-order valence-electron chi connectivity index (χ3n) is 6.70. The van der Waals surface area contributed by atoms with Crippen molar-refractivity contribution >= 4 is 17.8 Å². The van der Waals surface area contributed by atoms with Crippen molar-refractivity contribution in [3.63, 3.8) is 0 Å². The molecule has 1 N–H and O–H groups in total. The molecule has 2 saturated carbocycles. The zero-order chi connectivity index (χ0) is 23.3. The highest BCUT2D eigenvalue weighted by molar-refractivity contribution is 6.00. The van der Waals surface area contributed by atoms with Gasteiger partial charge in [0.05, 0.1) is 25.0 Å². The number of ether oxygens (including phenoxy) is 3. The number of hydrogen-bond donors (Lipinski definition) is 1. The molecule has 0 radical (unpaired) electrons. The predicted octanol–water partition coefficient (Wildman–Crippen LogP) is 4.38. The number of fused-ring (bicyclic) bond motifs is 1. The zero-order valence-corrected chi connectivity index (χ0v) is 19.5. The molecule has 174 valence electrons. The van der Waals surface area contributed by atoms with Crippen molar-refractivity contribution in [2.24, 2.45) is 11.8 Å². The van der Waals surface area contributed by atoms with Crippen LogP contribution in [0.1, 0.15) is 81.6 Å². The first-order chi connectivity index (χ1) is 15.0. The van der Waals surface area contributed by atoms with E-state index in [2.05, 4.69) is 5.32 Å². The minimum Gasteiger partial charge on any atom is -0.486 e. The number of rotatable bonds is 5. The Hall–Kier alpha value is -2.57. The van der Waals surface area contributed by atoms with Gasteiger partial charge in [0, 0.05) is 18.9 Å². The smallest absolute Gasteiger partial charge is 0.407 e. The van der Waals surface area contributed by atoms with Gasteiger partial charge in [0.25, 0.3) is 0 Å². The van der Waals surface area contributed by atoms with Crippen molar-refractivity contribution in [3.05, 3.63) is 29.3 Å². The minimum absolute atomic E-state index is 0.0484. The monoisotopic (exact) mass is 443 g/mol. The summed E-state index contributed by atoms with van der Waals surface area (Å²) in [7, 11) is 1.42. The molecule has 4 rings (SSSR count). The molecule has 2 atom stereocenters. The van der Waals surface area contributed by atoms with E-state index in [0.29, 0.717) is 36.5 Å². The Morgan fingerprint density at radius 2 is 1.91 bits per heavy atom. The van der Waals surface area contributed by atoms with Crippen LogP contribution in [0.3, 0.4) is 0 Å². The van der Waals surface area contributed by atoms with E-state index in [0.717, 1.165) is 18.4 Å². The molecule has 2 fully saturated rings. The molecule has 7 nitrogen and oxygen atoms in total. The lowest BCUT2D eigenvalue weighted by atomic mass is 9.70. The SMILES string of the molecule is COC(=O)[C@@H](C)[C@H](c1ccc2c(c1)OC1(CC2=O)CC(NC(=O)OC(C)(C)C)C1)C1CC1. The molecule has 1 heterocycles. The lowest BCUT2D eigenvalue weighted by molar-refractivity contribution is -0.145. The van der Waals surface area contributed by atoms with Crippen molar-refractivity contribution in [1.29, 1.82) is 0 Å². The molecule has 1 spiro atoms. The van der Waals surface area contributed by atoms with Gasteiger partial charge in [-0.2, -0.15) is 0 Å². The van der Waals surface area contributed by atoms with Crippen molar-refractivity contribution in [3.8, 4) is 5.75 Å². The Balaban J connectivity index is 1.48. The summed E-state index contributed by atoms with van der Waals surface area (Å²) in [5, 5.41) is 2.87. The lowest BCUT2D eigenvalue weighted by Crippen LogP contribution is -2.60. The van der Waals surface area contributed by atoms with Gasteiger partial charge in [0.2, 0.25) is 0 Å². The topological polar surface area (TPSA) is 90.9 Å². The van der Waals surface area contributed by atoms with Crippen LogP contribution in [-0.2, 0) is 14.3 Å². The molecule has 1 aliphatic heterocycles. The Morgan fingerprint density at radius 1 is 1.22 bits per heavy atom.